The number of fused-ring (bicyclic) bond motifs is 1. The van der Waals surface area contributed by atoms with Gasteiger partial charge in [-0.2, -0.15) is 8.78 Å². The number of amides is 4. The molecule has 15 heteroatoms. The standard InChI is InChI=1S/C22H13B5ClF2N3O4/c23-13-8-10(22(25,26)33(27)20(37)21(29,30)9-1-3-11(28)4-2-9)7-12-16(13)19(36)32(17(12)24)14-5-6-15(34)31-18(14)35/h1-4,7-8,14,17H,5-6H2,(H,31,34,35). The summed E-state index contributed by atoms with van der Waals surface area (Å²) in [7, 11) is 30.1. The summed E-state index contributed by atoms with van der Waals surface area (Å²) in [5.74, 6) is -9.15. The van der Waals surface area contributed by atoms with Gasteiger partial charge in [0.1, 0.15) is 21.7 Å². The van der Waals surface area contributed by atoms with Crippen LogP contribution >= 0.6 is 11.6 Å². The van der Waals surface area contributed by atoms with Crippen molar-refractivity contribution in [1.82, 2.24) is 15.0 Å². The number of hydrogen-bond donors (Lipinski definition) is 1. The number of benzene rings is 2. The number of hydrogen-bond acceptors (Lipinski definition) is 4. The van der Waals surface area contributed by atoms with Crippen LogP contribution in [-0.4, -0.2) is 78.7 Å². The Kier molecular flexibility index (Phi) is 6.86. The molecule has 37 heavy (non-hydrogen) atoms. The number of alkyl halides is 2. The number of nitrogens with one attached hydrogen (secondary N) is 1. The molecule has 2 heterocycles. The van der Waals surface area contributed by atoms with Crippen molar-refractivity contribution in [2.24, 2.45) is 0 Å². The lowest BCUT2D eigenvalue weighted by atomic mass is 9.54. The normalized spacial score (nSPS) is 20.0. The van der Waals surface area contributed by atoms with Gasteiger partial charge in [-0.3, -0.25) is 24.5 Å². The number of nitrogens with zero attached hydrogens (tertiary/aromatic N) is 2. The minimum atomic E-state index is -4.12. The zero-order valence-corrected chi connectivity index (χ0v) is 19.8. The zero-order valence-electron chi connectivity index (χ0n) is 19.1. The molecule has 176 valence electrons. The van der Waals surface area contributed by atoms with E-state index in [0.29, 0.717) is 0 Å². The summed E-state index contributed by atoms with van der Waals surface area (Å²) in [5, 5.41) is -0.207. The van der Waals surface area contributed by atoms with Crippen LogP contribution in [0.2, 0.25) is 5.02 Å². The third-order valence-electron chi connectivity index (χ3n) is 6.37. The van der Waals surface area contributed by atoms with Crippen molar-refractivity contribution in [3.05, 3.63) is 63.7 Å². The van der Waals surface area contributed by atoms with E-state index in [1.807, 2.05) is 0 Å². The first-order valence-electron chi connectivity index (χ1n) is 10.8. The Balaban J connectivity index is 1.67. The van der Waals surface area contributed by atoms with Crippen molar-refractivity contribution in [3.8, 4) is 0 Å². The molecule has 0 bridgehead atoms. The minimum Gasteiger partial charge on any atom is -0.398 e. The van der Waals surface area contributed by atoms with Crippen molar-refractivity contribution in [3.63, 3.8) is 0 Å². The maximum atomic E-state index is 14.9. The summed E-state index contributed by atoms with van der Waals surface area (Å²) in [6.07, 6.45) is 0.0260. The molecular formula is C22H13B5ClF2N3O4. The smallest absolute Gasteiger partial charge is 0.348 e. The van der Waals surface area contributed by atoms with Crippen LogP contribution in [-0.2, 0) is 25.6 Å². The fourth-order valence-electron chi connectivity index (χ4n) is 4.33. The molecule has 2 aromatic carbocycles. The predicted octanol–water partition coefficient (Wildman–Crippen LogP) is -0.287. The number of piperidine rings is 1. The summed E-state index contributed by atoms with van der Waals surface area (Å²) in [5.41, 5.74) is -1.07. The molecule has 2 aliphatic rings. The quantitative estimate of drug-likeness (QED) is 0.443. The summed E-state index contributed by atoms with van der Waals surface area (Å²) in [4.78, 5) is 50.7. The van der Waals surface area contributed by atoms with Crippen molar-refractivity contribution < 1.29 is 28.0 Å². The fraction of sp³-hybridized carbons (Fsp3) is 0.273. The second-order valence-corrected chi connectivity index (χ2v) is 9.17. The third-order valence-corrected chi connectivity index (χ3v) is 6.62. The third kappa shape index (κ3) is 4.49. The van der Waals surface area contributed by atoms with Crippen LogP contribution in [0.5, 0.6) is 0 Å². The van der Waals surface area contributed by atoms with Gasteiger partial charge in [0.05, 0.1) is 15.7 Å². The Bertz CT molecular complexity index is 1330. The molecule has 2 aliphatic heterocycles. The van der Waals surface area contributed by atoms with E-state index < -0.39 is 52.4 Å². The van der Waals surface area contributed by atoms with Gasteiger partial charge >= 0.3 is 5.92 Å². The molecule has 4 rings (SSSR count). The first kappa shape index (κ1) is 27.0. The predicted molar refractivity (Wildman–Crippen MR) is 134 cm³/mol. The Morgan fingerprint density at radius 3 is 2.32 bits per heavy atom. The van der Waals surface area contributed by atoms with Crippen LogP contribution in [0.3, 0.4) is 0 Å². The summed E-state index contributed by atoms with van der Waals surface area (Å²) >= 11 is 5.72. The highest BCUT2D eigenvalue weighted by Gasteiger charge is 2.47. The SMILES string of the molecule is [B]c1cc(C([B])([B])N([B])C(=O)C(F)(F)c2ccc(Cl)cc2)cc2c1C(=O)N(C1CCC(=O)NC1=O)C2[B]. The number of rotatable bonds is 5. The van der Waals surface area contributed by atoms with E-state index in [9.17, 15) is 28.0 Å². The molecule has 10 radical (unpaired) electrons. The maximum Gasteiger partial charge on any atom is 0.348 e. The Morgan fingerprint density at radius 2 is 1.73 bits per heavy atom. The highest BCUT2D eigenvalue weighted by molar-refractivity contribution is 6.44. The molecule has 1 fully saturated rings. The minimum absolute atomic E-state index is 0.00916. The molecule has 1 N–H and O–H groups in total. The van der Waals surface area contributed by atoms with Crippen molar-refractivity contribution in [2.45, 2.75) is 36.1 Å². The molecule has 0 aliphatic carbocycles. The molecule has 0 saturated carbocycles. The average Bonchev–Trinajstić information content (AvgIpc) is 3.08. The van der Waals surface area contributed by atoms with Gasteiger partial charge in [-0.05, 0) is 35.0 Å². The molecule has 2 aromatic rings. The lowest BCUT2D eigenvalue weighted by molar-refractivity contribution is -0.155. The Hall–Kier alpha value is -3.01. The molecule has 2 unspecified atom stereocenters. The van der Waals surface area contributed by atoms with Crippen LogP contribution in [0, 0.1) is 0 Å². The maximum absolute atomic E-state index is 14.9. The molecule has 4 amide bonds. The second-order valence-electron chi connectivity index (χ2n) is 8.74. The first-order valence-corrected chi connectivity index (χ1v) is 11.2. The number of carbonyl (C=O) groups is 4. The molecule has 1 saturated heterocycles. The number of imide groups is 1. The highest BCUT2D eigenvalue weighted by atomic mass is 35.5. The van der Waals surface area contributed by atoms with Crippen molar-refractivity contribution in [2.75, 3.05) is 0 Å². The van der Waals surface area contributed by atoms with Gasteiger partial charge in [-0.15, -0.1) is 0 Å². The van der Waals surface area contributed by atoms with E-state index in [1.54, 1.807) is 0 Å². The van der Waals surface area contributed by atoms with Gasteiger partial charge < -0.3 is 9.71 Å². The Morgan fingerprint density at radius 1 is 1.11 bits per heavy atom. The highest BCUT2D eigenvalue weighted by Crippen LogP contribution is 2.38. The van der Waals surface area contributed by atoms with E-state index in [0.717, 1.165) is 23.1 Å². The van der Waals surface area contributed by atoms with Gasteiger partial charge in [0.25, 0.3) is 11.8 Å². The van der Waals surface area contributed by atoms with Crippen molar-refractivity contribution in [1.29, 1.82) is 0 Å². The zero-order chi connectivity index (χ0) is 27.4. The monoisotopic (exact) mass is 511 g/mol. The van der Waals surface area contributed by atoms with Gasteiger partial charge in [0.15, 0.2) is 0 Å². The van der Waals surface area contributed by atoms with Gasteiger partial charge in [0, 0.05) is 28.5 Å². The van der Waals surface area contributed by atoms with E-state index in [4.69, 9.17) is 51.0 Å². The summed E-state index contributed by atoms with van der Waals surface area (Å²) in [6, 6.07) is 5.49. The fourth-order valence-corrected chi connectivity index (χ4v) is 4.45. The van der Waals surface area contributed by atoms with E-state index in [2.05, 4.69) is 5.32 Å². The topological polar surface area (TPSA) is 86.8 Å². The second kappa shape index (κ2) is 9.38. The summed E-state index contributed by atoms with van der Waals surface area (Å²) < 4.78 is 29.9. The molecule has 0 aromatic heterocycles. The van der Waals surface area contributed by atoms with Crippen LogP contribution in [0.1, 0.15) is 45.8 Å². The van der Waals surface area contributed by atoms with Gasteiger partial charge in [0.2, 0.25) is 19.8 Å². The molecule has 2 atom stereocenters. The van der Waals surface area contributed by atoms with E-state index in [-0.39, 0.29) is 44.8 Å². The lowest BCUT2D eigenvalue weighted by Crippen LogP contribution is -2.54. The van der Waals surface area contributed by atoms with Crippen LogP contribution in [0.25, 0.3) is 0 Å². The van der Waals surface area contributed by atoms with Gasteiger partial charge in [-0.1, -0.05) is 41.3 Å². The van der Waals surface area contributed by atoms with Gasteiger partial charge in [-0.25, -0.2) is 0 Å². The average molecular weight is 511 g/mol. The van der Waals surface area contributed by atoms with Crippen LogP contribution in [0.4, 0.5) is 8.78 Å². The van der Waals surface area contributed by atoms with E-state index >= 15 is 0 Å². The first-order chi connectivity index (χ1) is 17.2. The molecular weight excluding hydrogens is 498 g/mol. The number of carbonyl (C=O) groups excluding carboxylic acids is 4. The Labute approximate surface area is 222 Å². The largest absolute Gasteiger partial charge is 0.398 e. The van der Waals surface area contributed by atoms with Crippen LogP contribution in [0.15, 0.2) is 36.4 Å². The van der Waals surface area contributed by atoms with Crippen molar-refractivity contribution >= 4 is 80.1 Å². The van der Waals surface area contributed by atoms with Crippen LogP contribution < -0.4 is 10.8 Å². The molecule has 0 spiro atoms. The number of halogens is 3. The lowest BCUT2D eigenvalue weighted by Gasteiger charge is -2.41. The molecule has 7 nitrogen and oxygen atoms in total. The van der Waals surface area contributed by atoms with E-state index in [1.165, 1.54) is 18.2 Å². The summed E-state index contributed by atoms with van der Waals surface area (Å²) in [6.45, 7) is 0.